The first-order chi connectivity index (χ1) is 17.9. The summed E-state index contributed by atoms with van der Waals surface area (Å²) in [5, 5.41) is 4.52. The number of amides is 2. The molecule has 0 bridgehead atoms. The summed E-state index contributed by atoms with van der Waals surface area (Å²) in [7, 11) is 1.58. The molecule has 1 unspecified atom stereocenters. The highest BCUT2D eigenvalue weighted by atomic mass is 16.5. The van der Waals surface area contributed by atoms with Gasteiger partial charge in [0.15, 0.2) is 5.69 Å². The quantitative estimate of drug-likeness (QED) is 0.470. The van der Waals surface area contributed by atoms with Crippen molar-refractivity contribution in [2.75, 3.05) is 30.1 Å². The molecule has 1 saturated heterocycles. The van der Waals surface area contributed by atoms with Gasteiger partial charge in [-0.15, -0.1) is 0 Å². The van der Waals surface area contributed by atoms with E-state index in [4.69, 9.17) is 9.47 Å². The van der Waals surface area contributed by atoms with Crippen LogP contribution in [-0.2, 0) is 16.0 Å². The number of aromatic nitrogens is 2. The fourth-order valence-electron chi connectivity index (χ4n) is 5.12. The molecular formula is C28H30N4O5. The highest BCUT2D eigenvalue weighted by Crippen LogP contribution is 2.32. The Hall–Kier alpha value is -4.14. The van der Waals surface area contributed by atoms with Crippen LogP contribution in [0.5, 0.6) is 5.75 Å². The van der Waals surface area contributed by atoms with Crippen molar-refractivity contribution in [3.63, 3.8) is 0 Å². The SMILES string of the molecule is CCOC(=O)c1nn(-c2ccc(OC)cc2)c2c1CCN(c1ccc(N3C(=O)CCCC3C)cc1)C2=O. The van der Waals surface area contributed by atoms with E-state index in [9.17, 15) is 14.4 Å². The average molecular weight is 503 g/mol. The molecule has 0 radical (unpaired) electrons. The van der Waals surface area contributed by atoms with Crippen molar-refractivity contribution in [3.8, 4) is 11.4 Å². The molecule has 9 nitrogen and oxygen atoms in total. The van der Waals surface area contributed by atoms with Crippen LogP contribution in [0.2, 0.25) is 0 Å². The van der Waals surface area contributed by atoms with Crippen LogP contribution >= 0.6 is 0 Å². The van der Waals surface area contributed by atoms with Crippen LogP contribution < -0.4 is 14.5 Å². The van der Waals surface area contributed by atoms with Crippen LogP contribution in [0.4, 0.5) is 11.4 Å². The van der Waals surface area contributed by atoms with E-state index in [0.717, 1.165) is 24.2 Å². The van der Waals surface area contributed by atoms with Gasteiger partial charge in [0.05, 0.1) is 19.4 Å². The molecule has 1 fully saturated rings. The Bertz CT molecular complexity index is 1330. The number of hydrogen-bond acceptors (Lipinski definition) is 6. The second-order valence-corrected chi connectivity index (χ2v) is 9.23. The van der Waals surface area contributed by atoms with Crippen molar-refractivity contribution in [1.82, 2.24) is 9.78 Å². The second-order valence-electron chi connectivity index (χ2n) is 9.23. The normalized spacial score (nSPS) is 17.5. The van der Waals surface area contributed by atoms with Gasteiger partial charge < -0.3 is 19.3 Å². The number of rotatable bonds is 6. The summed E-state index contributed by atoms with van der Waals surface area (Å²) >= 11 is 0. The molecule has 0 saturated carbocycles. The molecule has 2 aliphatic heterocycles. The minimum absolute atomic E-state index is 0.125. The first kappa shape index (κ1) is 24.5. The topological polar surface area (TPSA) is 94.0 Å². The highest BCUT2D eigenvalue weighted by Gasteiger charge is 2.36. The van der Waals surface area contributed by atoms with Crippen LogP contribution in [-0.4, -0.2) is 53.9 Å². The zero-order valence-electron chi connectivity index (χ0n) is 21.3. The second kappa shape index (κ2) is 10.1. The third kappa shape index (κ3) is 4.45. The largest absolute Gasteiger partial charge is 0.497 e. The summed E-state index contributed by atoms with van der Waals surface area (Å²) in [5.41, 5.74) is 3.27. The number of ether oxygens (including phenoxy) is 2. The third-order valence-electron chi connectivity index (χ3n) is 6.96. The van der Waals surface area contributed by atoms with Crippen molar-refractivity contribution < 1.29 is 23.9 Å². The van der Waals surface area contributed by atoms with E-state index >= 15 is 0 Å². The van der Waals surface area contributed by atoms with E-state index in [1.807, 2.05) is 29.2 Å². The van der Waals surface area contributed by atoms with Crippen molar-refractivity contribution in [3.05, 3.63) is 65.5 Å². The van der Waals surface area contributed by atoms with Crippen LogP contribution in [0.3, 0.4) is 0 Å². The maximum atomic E-state index is 13.8. The number of nitrogens with zero attached hydrogens (tertiary/aromatic N) is 4. The standard InChI is InChI=1S/C28H30N4O5/c1-4-37-28(35)25-23-16-17-30(19-8-10-20(11-9-19)31-18(2)6-5-7-24(31)33)27(34)26(23)32(29-25)21-12-14-22(36-3)15-13-21/h8-15,18H,4-7,16-17H2,1-3H3. The van der Waals surface area contributed by atoms with Crippen molar-refractivity contribution in [2.24, 2.45) is 0 Å². The minimum Gasteiger partial charge on any atom is -0.497 e. The smallest absolute Gasteiger partial charge is 0.359 e. The fourth-order valence-corrected chi connectivity index (χ4v) is 5.12. The number of methoxy groups -OCH3 is 1. The Morgan fingerprint density at radius 1 is 1.00 bits per heavy atom. The number of carbonyl (C=O) groups is 3. The predicted molar refractivity (Wildman–Crippen MR) is 139 cm³/mol. The van der Waals surface area contributed by atoms with Gasteiger partial charge in [-0.05, 0) is 81.6 Å². The van der Waals surface area contributed by atoms with Gasteiger partial charge >= 0.3 is 5.97 Å². The number of hydrogen-bond donors (Lipinski definition) is 0. The molecule has 0 aliphatic carbocycles. The molecule has 1 atom stereocenters. The lowest BCUT2D eigenvalue weighted by atomic mass is 10.0. The first-order valence-corrected chi connectivity index (χ1v) is 12.6. The monoisotopic (exact) mass is 502 g/mol. The number of carbonyl (C=O) groups excluding carboxylic acids is 3. The van der Waals surface area contributed by atoms with Gasteiger partial charge in [-0.25, -0.2) is 9.48 Å². The number of fused-ring (bicyclic) bond motifs is 1. The molecule has 2 aliphatic rings. The molecule has 3 aromatic rings. The van der Waals surface area contributed by atoms with E-state index in [1.165, 1.54) is 4.68 Å². The van der Waals surface area contributed by atoms with Crippen LogP contribution in [0.25, 0.3) is 5.69 Å². The molecule has 3 heterocycles. The predicted octanol–water partition coefficient (Wildman–Crippen LogP) is 4.17. The molecule has 9 heteroatoms. The van der Waals surface area contributed by atoms with E-state index in [-0.39, 0.29) is 30.2 Å². The van der Waals surface area contributed by atoms with E-state index < -0.39 is 5.97 Å². The number of piperidine rings is 1. The van der Waals surface area contributed by atoms with E-state index in [0.29, 0.717) is 42.1 Å². The molecule has 1 aromatic heterocycles. The summed E-state index contributed by atoms with van der Waals surface area (Å²) < 4.78 is 12.0. The zero-order valence-corrected chi connectivity index (χ0v) is 21.3. The average Bonchev–Trinajstić information content (AvgIpc) is 3.30. The maximum Gasteiger partial charge on any atom is 0.359 e. The Balaban J connectivity index is 1.50. The van der Waals surface area contributed by atoms with Gasteiger partial charge in [0.2, 0.25) is 5.91 Å². The highest BCUT2D eigenvalue weighted by molar-refractivity contribution is 6.09. The van der Waals surface area contributed by atoms with Gasteiger partial charge in [-0.1, -0.05) is 0 Å². The molecule has 0 spiro atoms. The molecule has 2 aromatic carbocycles. The Kier molecular flexibility index (Phi) is 6.69. The first-order valence-electron chi connectivity index (χ1n) is 12.6. The molecule has 2 amide bonds. The lowest BCUT2D eigenvalue weighted by Gasteiger charge is -2.34. The number of esters is 1. The van der Waals surface area contributed by atoms with E-state index in [1.54, 1.807) is 43.2 Å². The lowest BCUT2D eigenvalue weighted by Crippen LogP contribution is -2.42. The molecule has 37 heavy (non-hydrogen) atoms. The minimum atomic E-state index is -0.545. The van der Waals surface area contributed by atoms with Crippen LogP contribution in [0, 0.1) is 0 Å². The molecule has 5 rings (SSSR count). The summed E-state index contributed by atoms with van der Waals surface area (Å²) in [6.45, 7) is 4.40. The van der Waals surface area contributed by atoms with E-state index in [2.05, 4.69) is 12.0 Å². The number of anilines is 2. The lowest BCUT2D eigenvalue weighted by molar-refractivity contribution is -0.120. The van der Waals surface area contributed by atoms with Gasteiger partial charge in [0, 0.05) is 35.9 Å². The summed E-state index contributed by atoms with van der Waals surface area (Å²) in [4.78, 5) is 42.6. The van der Waals surface area contributed by atoms with Crippen LogP contribution in [0.1, 0.15) is 59.7 Å². The zero-order chi connectivity index (χ0) is 26.1. The van der Waals surface area contributed by atoms with Crippen LogP contribution in [0.15, 0.2) is 48.5 Å². The van der Waals surface area contributed by atoms with Crippen molar-refractivity contribution >= 4 is 29.2 Å². The van der Waals surface area contributed by atoms with Gasteiger partial charge in [0.1, 0.15) is 11.4 Å². The summed E-state index contributed by atoms with van der Waals surface area (Å²) in [6, 6.07) is 14.8. The van der Waals surface area contributed by atoms with Gasteiger partial charge in [-0.2, -0.15) is 5.10 Å². The number of benzene rings is 2. The van der Waals surface area contributed by atoms with Gasteiger partial charge in [-0.3, -0.25) is 9.59 Å². The molecule has 192 valence electrons. The van der Waals surface area contributed by atoms with Gasteiger partial charge in [0.25, 0.3) is 5.91 Å². The molecular weight excluding hydrogens is 472 g/mol. The van der Waals surface area contributed by atoms with Crippen molar-refractivity contribution in [1.29, 1.82) is 0 Å². The molecule has 0 N–H and O–H groups in total. The summed E-state index contributed by atoms with van der Waals surface area (Å²) in [6.07, 6.45) is 2.89. The Morgan fingerprint density at radius 2 is 1.68 bits per heavy atom. The fraction of sp³-hybridized carbons (Fsp3) is 0.357. The summed E-state index contributed by atoms with van der Waals surface area (Å²) in [5.74, 6) is -0.00256. The van der Waals surface area contributed by atoms with Crippen molar-refractivity contribution in [2.45, 2.75) is 45.6 Å². The Labute approximate surface area is 215 Å². The third-order valence-corrected chi connectivity index (χ3v) is 6.96. The maximum absolute atomic E-state index is 13.8. The Morgan fingerprint density at radius 3 is 2.32 bits per heavy atom.